The maximum absolute atomic E-state index is 11.4. The number of carbonyl (C=O) groups is 1. The minimum absolute atomic E-state index is 0.222. The molecule has 2 N–H and O–H groups in total. The number of nitrogens with zero attached hydrogens (tertiary/aromatic N) is 5. The quantitative estimate of drug-likeness (QED) is 0.884. The van der Waals surface area contributed by atoms with Crippen molar-refractivity contribution >= 4 is 11.7 Å². The average molecular weight is 352 g/mol. The summed E-state index contributed by atoms with van der Waals surface area (Å²) in [4.78, 5) is 29.7. The molecule has 0 unspecified atom stereocenters. The fourth-order valence-electron chi connectivity index (χ4n) is 3.81. The standard InChI is InChI=1S/C19H24N6O/c1-13(17(20)26)24-9-11-25(12-10-24)19-15-3-2-4-16(15)22-18(23-19)14-5-7-21-8-6-14/h5-8,13H,2-4,9-12H2,1H3,(H2,20,26)/t13-/m0/s1. The molecule has 0 saturated carbocycles. The molecule has 0 spiro atoms. The largest absolute Gasteiger partial charge is 0.368 e. The first-order valence-electron chi connectivity index (χ1n) is 9.22. The smallest absolute Gasteiger partial charge is 0.234 e. The van der Waals surface area contributed by atoms with Crippen molar-refractivity contribution in [3.8, 4) is 11.4 Å². The van der Waals surface area contributed by atoms with Crippen molar-refractivity contribution in [3.05, 3.63) is 35.8 Å². The van der Waals surface area contributed by atoms with Gasteiger partial charge in [-0.2, -0.15) is 0 Å². The van der Waals surface area contributed by atoms with Crippen LogP contribution in [0.1, 0.15) is 24.6 Å². The Balaban J connectivity index is 1.61. The summed E-state index contributed by atoms with van der Waals surface area (Å²) in [5.74, 6) is 1.57. The van der Waals surface area contributed by atoms with Crippen molar-refractivity contribution in [1.29, 1.82) is 0 Å². The molecule has 0 bridgehead atoms. The van der Waals surface area contributed by atoms with Gasteiger partial charge in [0, 0.05) is 55.4 Å². The van der Waals surface area contributed by atoms with Crippen LogP contribution in [0.5, 0.6) is 0 Å². The second-order valence-corrected chi connectivity index (χ2v) is 6.99. The highest BCUT2D eigenvalue weighted by atomic mass is 16.1. The van der Waals surface area contributed by atoms with Crippen molar-refractivity contribution in [3.63, 3.8) is 0 Å². The van der Waals surface area contributed by atoms with E-state index in [4.69, 9.17) is 15.7 Å². The van der Waals surface area contributed by atoms with E-state index in [1.807, 2.05) is 19.1 Å². The van der Waals surface area contributed by atoms with Crippen LogP contribution in [0, 0.1) is 0 Å². The van der Waals surface area contributed by atoms with Gasteiger partial charge >= 0.3 is 0 Å². The molecule has 7 heteroatoms. The molecule has 2 aliphatic rings. The van der Waals surface area contributed by atoms with Crippen LogP contribution in [-0.4, -0.2) is 58.0 Å². The number of fused-ring (bicyclic) bond motifs is 1. The molecule has 2 aromatic heterocycles. The van der Waals surface area contributed by atoms with Crippen molar-refractivity contribution in [2.24, 2.45) is 5.73 Å². The summed E-state index contributed by atoms with van der Waals surface area (Å²) in [6, 6.07) is 3.68. The summed E-state index contributed by atoms with van der Waals surface area (Å²) in [6.07, 6.45) is 6.74. The van der Waals surface area contributed by atoms with E-state index in [-0.39, 0.29) is 11.9 Å². The van der Waals surface area contributed by atoms with Gasteiger partial charge in [0.2, 0.25) is 5.91 Å². The fourth-order valence-corrected chi connectivity index (χ4v) is 3.81. The van der Waals surface area contributed by atoms with Gasteiger partial charge in [-0.05, 0) is 38.3 Å². The number of aromatic nitrogens is 3. The van der Waals surface area contributed by atoms with Gasteiger partial charge in [-0.3, -0.25) is 14.7 Å². The minimum atomic E-state index is -0.263. The maximum atomic E-state index is 11.4. The summed E-state index contributed by atoms with van der Waals surface area (Å²) >= 11 is 0. The number of nitrogens with two attached hydrogens (primary N) is 1. The lowest BCUT2D eigenvalue weighted by molar-refractivity contribution is -0.122. The number of pyridine rings is 1. The number of primary amides is 1. The van der Waals surface area contributed by atoms with E-state index >= 15 is 0 Å². The number of aryl methyl sites for hydroxylation is 1. The second kappa shape index (κ2) is 6.99. The highest BCUT2D eigenvalue weighted by Gasteiger charge is 2.28. The fraction of sp³-hybridized carbons (Fsp3) is 0.474. The molecule has 3 heterocycles. The second-order valence-electron chi connectivity index (χ2n) is 6.99. The Hall–Kier alpha value is -2.54. The summed E-state index contributed by atoms with van der Waals surface area (Å²) in [5, 5.41) is 0. The van der Waals surface area contributed by atoms with Gasteiger partial charge in [-0.25, -0.2) is 9.97 Å². The van der Waals surface area contributed by atoms with Gasteiger partial charge in [0.15, 0.2) is 5.82 Å². The third-order valence-corrected chi connectivity index (χ3v) is 5.42. The van der Waals surface area contributed by atoms with Crippen molar-refractivity contribution in [2.75, 3.05) is 31.1 Å². The zero-order valence-corrected chi connectivity index (χ0v) is 15.1. The first kappa shape index (κ1) is 16.9. The molecule has 1 fully saturated rings. The third kappa shape index (κ3) is 3.14. The summed E-state index contributed by atoms with van der Waals surface area (Å²) in [6.45, 7) is 5.19. The Kier molecular flexibility index (Phi) is 4.55. The van der Waals surface area contributed by atoms with Gasteiger partial charge < -0.3 is 10.6 Å². The monoisotopic (exact) mass is 352 g/mol. The predicted octanol–water partition coefficient (Wildman–Crippen LogP) is 1.02. The van der Waals surface area contributed by atoms with Gasteiger partial charge in [0.25, 0.3) is 0 Å². The van der Waals surface area contributed by atoms with E-state index in [9.17, 15) is 4.79 Å². The highest BCUT2D eigenvalue weighted by molar-refractivity contribution is 5.79. The van der Waals surface area contributed by atoms with E-state index in [1.54, 1.807) is 12.4 Å². The molecular weight excluding hydrogens is 328 g/mol. The van der Waals surface area contributed by atoms with E-state index < -0.39 is 0 Å². The minimum Gasteiger partial charge on any atom is -0.368 e. The van der Waals surface area contributed by atoms with Crippen LogP contribution in [0.25, 0.3) is 11.4 Å². The summed E-state index contributed by atoms with van der Waals surface area (Å²) < 4.78 is 0. The van der Waals surface area contributed by atoms with Gasteiger partial charge in [-0.1, -0.05) is 0 Å². The number of anilines is 1. The predicted molar refractivity (Wildman–Crippen MR) is 99.7 cm³/mol. The molecule has 1 amide bonds. The van der Waals surface area contributed by atoms with Crippen molar-refractivity contribution < 1.29 is 4.79 Å². The normalized spacial score (nSPS) is 18.6. The van der Waals surface area contributed by atoms with Crippen LogP contribution in [0.15, 0.2) is 24.5 Å². The van der Waals surface area contributed by atoms with Gasteiger partial charge in [0.1, 0.15) is 5.82 Å². The highest BCUT2D eigenvalue weighted by Crippen LogP contribution is 2.31. The molecule has 136 valence electrons. The first-order chi connectivity index (χ1) is 12.6. The van der Waals surface area contributed by atoms with Gasteiger partial charge in [-0.15, -0.1) is 0 Å². The van der Waals surface area contributed by atoms with Crippen molar-refractivity contribution in [1.82, 2.24) is 19.9 Å². The SMILES string of the molecule is C[C@@H](C(N)=O)N1CCN(c2nc(-c3ccncc3)nc3c2CCC3)CC1. The average Bonchev–Trinajstić information content (AvgIpc) is 3.16. The Labute approximate surface area is 153 Å². The topological polar surface area (TPSA) is 88.2 Å². The molecule has 1 atom stereocenters. The Bertz CT molecular complexity index is 801. The van der Waals surface area contributed by atoms with Crippen LogP contribution in [-0.2, 0) is 17.6 Å². The van der Waals surface area contributed by atoms with E-state index in [0.717, 1.165) is 62.6 Å². The van der Waals surface area contributed by atoms with Gasteiger partial charge in [0.05, 0.1) is 6.04 Å². The van der Waals surface area contributed by atoms with E-state index in [1.165, 1.54) is 11.3 Å². The number of piperazine rings is 1. The molecule has 2 aromatic rings. The summed E-state index contributed by atoms with van der Waals surface area (Å²) in [5.41, 5.74) is 8.91. The molecule has 1 saturated heterocycles. The lowest BCUT2D eigenvalue weighted by atomic mass is 10.1. The zero-order valence-electron chi connectivity index (χ0n) is 15.1. The maximum Gasteiger partial charge on any atom is 0.234 e. The summed E-state index contributed by atoms with van der Waals surface area (Å²) in [7, 11) is 0. The Morgan fingerprint density at radius 2 is 1.85 bits per heavy atom. The van der Waals surface area contributed by atoms with Crippen LogP contribution in [0.3, 0.4) is 0 Å². The molecule has 7 nitrogen and oxygen atoms in total. The van der Waals surface area contributed by atoms with E-state index in [2.05, 4.69) is 14.8 Å². The Morgan fingerprint density at radius 3 is 2.54 bits per heavy atom. The van der Waals surface area contributed by atoms with Crippen LogP contribution < -0.4 is 10.6 Å². The molecular formula is C19H24N6O. The number of hydrogen-bond acceptors (Lipinski definition) is 6. The van der Waals surface area contributed by atoms with E-state index in [0.29, 0.717) is 0 Å². The molecule has 26 heavy (non-hydrogen) atoms. The number of rotatable bonds is 4. The molecule has 1 aliphatic carbocycles. The van der Waals surface area contributed by atoms with Crippen LogP contribution in [0.2, 0.25) is 0 Å². The number of carbonyl (C=O) groups excluding carboxylic acids is 1. The zero-order chi connectivity index (χ0) is 18.1. The molecule has 4 rings (SSSR count). The number of hydrogen-bond donors (Lipinski definition) is 1. The van der Waals surface area contributed by atoms with Crippen molar-refractivity contribution in [2.45, 2.75) is 32.2 Å². The first-order valence-corrected chi connectivity index (χ1v) is 9.22. The van der Waals surface area contributed by atoms with Crippen LogP contribution >= 0.6 is 0 Å². The molecule has 0 aromatic carbocycles. The lowest BCUT2D eigenvalue weighted by Crippen LogP contribution is -2.53. The van der Waals surface area contributed by atoms with Crippen LogP contribution in [0.4, 0.5) is 5.82 Å². The lowest BCUT2D eigenvalue weighted by Gasteiger charge is -2.38. The number of amides is 1. The Morgan fingerprint density at radius 1 is 1.12 bits per heavy atom. The molecule has 1 aliphatic heterocycles. The molecule has 0 radical (unpaired) electrons. The third-order valence-electron chi connectivity index (χ3n) is 5.42.